The molecule has 45 heavy (non-hydrogen) atoms. The Morgan fingerprint density at radius 1 is 1.16 bits per heavy atom. The summed E-state index contributed by atoms with van der Waals surface area (Å²) in [6, 6.07) is 4.78. The molecule has 1 saturated carbocycles. The van der Waals surface area contributed by atoms with E-state index in [0.717, 1.165) is 54.3 Å². The number of nitrogens with two attached hydrogens (primary N) is 1. The van der Waals surface area contributed by atoms with Crippen LogP contribution in [0.1, 0.15) is 36.9 Å². The summed E-state index contributed by atoms with van der Waals surface area (Å²) >= 11 is 0. The maximum Gasteiger partial charge on any atom is 0.433 e. The Balaban J connectivity index is 0.943. The molecule has 1 aliphatic carbocycles. The largest absolute Gasteiger partial charge is 0.474 e. The van der Waals surface area contributed by atoms with Gasteiger partial charge in [0.1, 0.15) is 30.4 Å². The molecular formula is C30H34F3N9O3. The van der Waals surface area contributed by atoms with Gasteiger partial charge in [-0.15, -0.1) is 0 Å². The molecule has 3 aliphatic rings. The maximum atomic E-state index is 13.6. The number of aromatic amines is 1. The summed E-state index contributed by atoms with van der Waals surface area (Å²) < 4.78 is 53.7. The van der Waals surface area contributed by atoms with Gasteiger partial charge in [-0.3, -0.25) is 4.68 Å². The number of likely N-dealkylation sites (tertiary alicyclic amines) is 1. The quantitative estimate of drug-likeness (QED) is 0.284. The second-order valence-corrected chi connectivity index (χ2v) is 12.2. The smallest absolute Gasteiger partial charge is 0.433 e. The molecule has 0 bridgehead atoms. The van der Waals surface area contributed by atoms with E-state index < -0.39 is 18.0 Å². The fourth-order valence-corrected chi connectivity index (χ4v) is 6.75. The van der Waals surface area contributed by atoms with Crippen molar-refractivity contribution in [1.82, 2.24) is 39.5 Å². The predicted octanol–water partition coefficient (Wildman–Crippen LogP) is 3.84. The van der Waals surface area contributed by atoms with Gasteiger partial charge in [0.25, 0.3) is 0 Å². The number of alkyl halides is 3. The molecule has 2 saturated heterocycles. The normalized spacial score (nSPS) is 23.0. The van der Waals surface area contributed by atoms with Crippen LogP contribution in [-0.2, 0) is 24.0 Å². The lowest BCUT2D eigenvalue weighted by Crippen LogP contribution is -2.57. The first-order valence-electron chi connectivity index (χ1n) is 15.1. The number of amides is 1. The van der Waals surface area contributed by atoms with Gasteiger partial charge in [-0.1, -0.05) is 0 Å². The molecule has 1 amide bonds. The van der Waals surface area contributed by atoms with Crippen LogP contribution in [0, 0.1) is 5.41 Å². The summed E-state index contributed by atoms with van der Waals surface area (Å²) in [5, 5.41) is 5.55. The van der Waals surface area contributed by atoms with Crippen LogP contribution in [0.15, 0.2) is 43.1 Å². The van der Waals surface area contributed by atoms with Crippen molar-refractivity contribution in [3.8, 4) is 17.1 Å². The average Bonchev–Trinajstić information content (AvgIpc) is 3.76. The zero-order valence-corrected chi connectivity index (χ0v) is 24.5. The number of rotatable bonds is 9. The maximum absolute atomic E-state index is 13.6. The van der Waals surface area contributed by atoms with E-state index in [1.54, 1.807) is 6.33 Å². The van der Waals surface area contributed by atoms with Gasteiger partial charge in [-0.25, -0.2) is 19.7 Å². The molecule has 6 heterocycles. The molecule has 15 heteroatoms. The van der Waals surface area contributed by atoms with Crippen molar-refractivity contribution in [3.63, 3.8) is 0 Å². The average molecular weight is 626 g/mol. The van der Waals surface area contributed by atoms with Gasteiger partial charge >= 0.3 is 12.3 Å². The topological polar surface area (TPSA) is 140 Å². The van der Waals surface area contributed by atoms with Crippen LogP contribution < -0.4 is 10.5 Å². The van der Waals surface area contributed by atoms with E-state index in [4.69, 9.17) is 15.2 Å². The zero-order valence-electron chi connectivity index (χ0n) is 24.5. The molecule has 0 atom stereocenters. The molecule has 0 aromatic carbocycles. The van der Waals surface area contributed by atoms with Gasteiger partial charge in [0, 0.05) is 67.0 Å². The number of H-pyrrole nitrogens is 1. The number of piperidine rings is 1. The molecule has 2 aliphatic heterocycles. The van der Waals surface area contributed by atoms with Crippen molar-refractivity contribution in [2.75, 3.05) is 32.8 Å². The van der Waals surface area contributed by atoms with E-state index >= 15 is 0 Å². The van der Waals surface area contributed by atoms with Crippen molar-refractivity contribution >= 4 is 17.1 Å². The Morgan fingerprint density at radius 3 is 2.71 bits per heavy atom. The van der Waals surface area contributed by atoms with Crippen LogP contribution in [0.25, 0.3) is 22.3 Å². The molecule has 3 fully saturated rings. The van der Waals surface area contributed by atoms with Crippen LogP contribution in [0.2, 0.25) is 0 Å². The zero-order chi connectivity index (χ0) is 31.2. The lowest BCUT2D eigenvalue weighted by molar-refractivity contribution is -0.141. The molecular weight excluding hydrogens is 591 g/mol. The molecule has 238 valence electrons. The number of hydrogen-bond acceptors (Lipinski definition) is 9. The second kappa shape index (κ2) is 11.6. The van der Waals surface area contributed by atoms with Crippen LogP contribution >= 0.6 is 0 Å². The van der Waals surface area contributed by atoms with Gasteiger partial charge in [0.05, 0.1) is 18.4 Å². The van der Waals surface area contributed by atoms with Gasteiger partial charge in [0.15, 0.2) is 0 Å². The van der Waals surface area contributed by atoms with Gasteiger partial charge < -0.3 is 30.0 Å². The summed E-state index contributed by atoms with van der Waals surface area (Å²) in [6.07, 6.45) is 5.01. The predicted molar refractivity (Wildman–Crippen MR) is 156 cm³/mol. The number of aromatic nitrogens is 6. The van der Waals surface area contributed by atoms with E-state index in [-0.39, 0.29) is 30.6 Å². The lowest BCUT2D eigenvalue weighted by Gasteiger charge is -2.52. The minimum atomic E-state index is -4.63. The number of nitrogens with one attached hydrogen (secondary N) is 1. The second-order valence-electron chi connectivity index (χ2n) is 12.2. The van der Waals surface area contributed by atoms with E-state index in [9.17, 15) is 18.0 Å². The third-order valence-corrected chi connectivity index (χ3v) is 9.18. The molecule has 4 aromatic rings. The highest BCUT2D eigenvalue weighted by Crippen LogP contribution is 2.45. The first-order chi connectivity index (χ1) is 21.7. The molecule has 4 aromatic heterocycles. The number of fused-ring (bicyclic) bond motifs is 1. The molecule has 0 spiro atoms. The minimum Gasteiger partial charge on any atom is -0.474 e. The molecule has 7 rings (SSSR count). The number of hydrogen-bond donors (Lipinski definition) is 2. The van der Waals surface area contributed by atoms with Crippen molar-refractivity contribution in [1.29, 1.82) is 0 Å². The lowest BCUT2D eigenvalue weighted by atomic mass is 9.64. The number of pyridine rings is 1. The van der Waals surface area contributed by atoms with E-state index in [0.29, 0.717) is 44.1 Å². The fraction of sp³-hybridized carbons (Fsp3) is 0.500. The van der Waals surface area contributed by atoms with Crippen LogP contribution in [0.5, 0.6) is 5.88 Å². The minimum absolute atomic E-state index is 0.00106. The van der Waals surface area contributed by atoms with Gasteiger partial charge in [-0.05, 0) is 49.9 Å². The Kier molecular flexibility index (Phi) is 7.60. The summed E-state index contributed by atoms with van der Waals surface area (Å²) in [5.41, 5.74) is 8.03. The van der Waals surface area contributed by atoms with E-state index in [2.05, 4.69) is 29.9 Å². The number of carbonyl (C=O) groups is 1. The summed E-state index contributed by atoms with van der Waals surface area (Å²) in [6.45, 7) is 3.35. The molecule has 3 N–H and O–H groups in total. The van der Waals surface area contributed by atoms with Crippen molar-refractivity contribution in [2.24, 2.45) is 11.1 Å². The Hall–Kier alpha value is -4.24. The summed E-state index contributed by atoms with van der Waals surface area (Å²) in [5.74, 6) is -0.0746. The van der Waals surface area contributed by atoms with E-state index in [1.165, 1.54) is 11.0 Å². The van der Waals surface area contributed by atoms with Crippen LogP contribution in [-0.4, -0.2) is 90.5 Å². The van der Waals surface area contributed by atoms with Crippen molar-refractivity contribution in [2.45, 2.75) is 57.1 Å². The summed E-state index contributed by atoms with van der Waals surface area (Å²) in [7, 11) is 0. The number of cyclic esters (lactones) is 1. The van der Waals surface area contributed by atoms with Crippen molar-refractivity contribution < 1.29 is 27.4 Å². The first-order valence-corrected chi connectivity index (χ1v) is 15.1. The fourth-order valence-electron chi connectivity index (χ4n) is 6.75. The first kappa shape index (κ1) is 29.5. The summed E-state index contributed by atoms with van der Waals surface area (Å²) in [4.78, 5) is 31.2. The Bertz CT molecular complexity index is 1680. The van der Waals surface area contributed by atoms with Gasteiger partial charge in [0.2, 0.25) is 5.88 Å². The molecule has 0 radical (unpaired) electrons. The van der Waals surface area contributed by atoms with E-state index in [1.807, 2.05) is 29.3 Å². The monoisotopic (exact) mass is 625 g/mol. The highest BCUT2D eigenvalue weighted by Gasteiger charge is 2.46. The third kappa shape index (κ3) is 6.06. The Labute approximate surface area is 256 Å². The SMILES string of the molecule is NCC1(Cn2cc(-c3ncnc4[nH]ccc34)cn2)CC(N2CCC(Oc3cc(CN4CCOC4=O)cc(C(F)(F)F)n3)CC2)C1. The molecule has 12 nitrogen and oxygen atoms in total. The molecule has 0 unspecified atom stereocenters. The number of halogens is 3. The highest BCUT2D eigenvalue weighted by atomic mass is 19.4. The standard InChI is InChI=1S/C30H34F3N9O3/c31-30(32,33)24-9-19(14-41-7-8-44-28(41)43)10-25(39-24)45-22-2-5-40(6-3-22)21-11-29(12-21,16-34)17-42-15-20(13-38-42)26-23-1-4-35-27(23)37-18-36-26/h1,4,9-10,13,15,18,21-22H,2-3,5-8,11-12,14,16-17,34H2,(H,35,36,37). The number of ether oxygens (including phenoxy) is 2. The third-order valence-electron chi connectivity index (χ3n) is 9.18. The van der Waals surface area contributed by atoms with Crippen molar-refractivity contribution in [3.05, 3.63) is 54.4 Å². The van der Waals surface area contributed by atoms with Gasteiger partial charge in [-0.2, -0.15) is 18.3 Å². The van der Waals surface area contributed by atoms with Crippen LogP contribution in [0.4, 0.5) is 18.0 Å². The number of nitrogens with zero attached hydrogens (tertiary/aromatic N) is 7. The number of carbonyl (C=O) groups excluding carboxylic acids is 1. The van der Waals surface area contributed by atoms with Crippen LogP contribution in [0.3, 0.4) is 0 Å². The Morgan fingerprint density at radius 2 is 1.98 bits per heavy atom. The highest BCUT2D eigenvalue weighted by molar-refractivity contribution is 5.89.